The lowest BCUT2D eigenvalue weighted by atomic mass is 10.2. The molecule has 0 bridgehead atoms. The van der Waals surface area contributed by atoms with Gasteiger partial charge < -0.3 is 10.6 Å². The summed E-state index contributed by atoms with van der Waals surface area (Å²) in [6, 6.07) is 12.7. The van der Waals surface area contributed by atoms with Crippen molar-refractivity contribution < 1.29 is 8.42 Å². The number of benzene rings is 1. The molecule has 8 heteroatoms. The number of pyridine rings is 1. The molecule has 1 aromatic carbocycles. The van der Waals surface area contributed by atoms with E-state index in [-0.39, 0.29) is 24.0 Å². The van der Waals surface area contributed by atoms with Gasteiger partial charge >= 0.3 is 0 Å². The highest BCUT2D eigenvalue weighted by Crippen LogP contribution is 2.10. The van der Waals surface area contributed by atoms with Crippen LogP contribution in [0.5, 0.6) is 0 Å². The first-order valence-electron chi connectivity index (χ1n) is 7.62. The van der Waals surface area contributed by atoms with Gasteiger partial charge in [-0.1, -0.05) is 18.2 Å². The van der Waals surface area contributed by atoms with E-state index in [1.54, 1.807) is 37.5 Å². The molecule has 0 atom stereocenters. The van der Waals surface area contributed by atoms with Crippen LogP contribution in [0.15, 0.2) is 58.5 Å². The molecule has 136 valence electrons. The molecule has 0 spiro atoms. The summed E-state index contributed by atoms with van der Waals surface area (Å²) < 4.78 is 22.9. The Hall–Kier alpha value is -1.68. The first kappa shape index (κ1) is 21.4. The average molecular weight is 474 g/mol. The second kappa shape index (κ2) is 10.3. The molecule has 0 fully saturated rings. The molecule has 1 aromatic heterocycles. The lowest BCUT2D eigenvalue weighted by Crippen LogP contribution is -2.37. The number of halogens is 1. The normalized spacial score (nSPS) is 11.5. The number of hydrogen-bond acceptors (Lipinski definition) is 4. The first-order chi connectivity index (χ1) is 11.5. The fourth-order valence-corrected chi connectivity index (χ4v) is 2.75. The van der Waals surface area contributed by atoms with Crippen molar-refractivity contribution in [2.24, 2.45) is 4.99 Å². The number of nitrogens with zero attached hydrogens (tertiary/aromatic N) is 2. The maximum Gasteiger partial charge on any atom is 0.191 e. The molecule has 0 radical (unpaired) electrons. The second-order valence-electron chi connectivity index (χ2n) is 5.34. The third-order valence-corrected chi connectivity index (χ3v) is 4.56. The first-order valence-corrected chi connectivity index (χ1v) is 9.51. The predicted molar refractivity (Wildman–Crippen MR) is 111 cm³/mol. The third kappa shape index (κ3) is 7.39. The Bertz CT molecular complexity index is 778. The summed E-state index contributed by atoms with van der Waals surface area (Å²) in [5.41, 5.74) is 2.01. The van der Waals surface area contributed by atoms with Crippen LogP contribution in [0.1, 0.15) is 11.3 Å². The van der Waals surface area contributed by atoms with E-state index in [4.69, 9.17) is 0 Å². The van der Waals surface area contributed by atoms with Crippen LogP contribution in [-0.4, -0.2) is 39.2 Å². The molecule has 6 nitrogen and oxygen atoms in total. The number of hydrogen-bond donors (Lipinski definition) is 2. The standard InChI is InChI=1S/C17H22N4O2S.HI/c1-18-17(20-12-10-15-5-3-4-11-19-15)21-13-14-6-8-16(9-7-14)24(2,22)23;/h3-9,11H,10,12-13H2,1-2H3,(H2,18,20,21);1H. The third-order valence-electron chi connectivity index (χ3n) is 3.43. The summed E-state index contributed by atoms with van der Waals surface area (Å²) in [6.07, 6.45) is 3.79. The molecule has 2 aromatic rings. The van der Waals surface area contributed by atoms with Gasteiger partial charge in [0.25, 0.3) is 0 Å². The molecule has 0 saturated heterocycles. The fraction of sp³-hybridized carbons (Fsp3) is 0.294. The number of aromatic nitrogens is 1. The summed E-state index contributed by atoms with van der Waals surface area (Å²) in [7, 11) is -1.45. The summed E-state index contributed by atoms with van der Waals surface area (Å²) in [5, 5.41) is 6.43. The lowest BCUT2D eigenvalue weighted by molar-refractivity contribution is 0.602. The zero-order valence-electron chi connectivity index (χ0n) is 14.3. The van der Waals surface area contributed by atoms with Gasteiger partial charge in [-0.25, -0.2) is 8.42 Å². The van der Waals surface area contributed by atoms with Crippen molar-refractivity contribution >= 4 is 39.8 Å². The number of rotatable bonds is 6. The lowest BCUT2D eigenvalue weighted by Gasteiger charge is -2.12. The minimum Gasteiger partial charge on any atom is -0.356 e. The molecule has 2 N–H and O–H groups in total. The van der Waals surface area contributed by atoms with Crippen LogP contribution < -0.4 is 10.6 Å². The maximum absolute atomic E-state index is 11.4. The zero-order valence-corrected chi connectivity index (χ0v) is 17.4. The molecular formula is C17H23IN4O2S. The monoisotopic (exact) mass is 474 g/mol. The zero-order chi connectivity index (χ0) is 17.4. The minimum atomic E-state index is -3.16. The van der Waals surface area contributed by atoms with Crippen molar-refractivity contribution in [2.45, 2.75) is 17.9 Å². The Morgan fingerprint density at radius 1 is 1.12 bits per heavy atom. The van der Waals surface area contributed by atoms with Crippen LogP contribution in [0.2, 0.25) is 0 Å². The highest BCUT2D eigenvalue weighted by Gasteiger charge is 2.06. The SMILES string of the molecule is CN=C(NCCc1ccccn1)NCc1ccc(S(C)(=O)=O)cc1.I. The van der Waals surface area contributed by atoms with Gasteiger partial charge in [-0.15, -0.1) is 24.0 Å². The van der Waals surface area contributed by atoms with Gasteiger partial charge in [0.2, 0.25) is 0 Å². The van der Waals surface area contributed by atoms with Crippen LogP contribution in [-0.2, 0) is 22.8 Å². The molecule has 2 rings (SSSR count). The summed E-state index contributed by atoms with van der Waals surface area (Å²) in [5.74, 6) is 0.693. The maximum atomic E-state index is 11.4. The summed E-state index contributed by atoms with van der Waals surface area (Å²) in [4.78, 5) is 8.77. The van der Waals surface area contributed by atoms with Crippen molar-refractivity contribution in [3.8, 4) is 0 Å². The van der Waals surface area contributed by atoms with E-state index in [0.29, 0.717) is 17.4 Å². The Balaban J connectivity index is 0.00000312. The van der Waals surface area contributed by atoms with E-state index in [9.17, 15) is 8.42 Å². The molecule has 0 aliphatic carbocycles. The molecule has 1 heterocycles. The van der Waals surface area contributed by atoms with E-state index in [0.717, 1.165) is 24.2 Å². The Kier molecular flexibility index (Phi) is 8.84. The summed E-state index contributed by atoms with van der Waals surface area (Å²) in [6.45, 7) is 1.29. The average Bonchev–Trinajstić information content (AvgIpc) is 2.58. The number of aliphatic imine (C=N–C) groups is 1. The predicted octanol–water partition coefficient (Wildman–Crippen LogP) is 2.01. The molecule has 0 saturated carbocycles. The summed E-state index contributed by atoms with van der Waals surface area (Å²) >= 11 is 0. The van der Waals surface area contributed by atoms with Crippen LogP contribution >= 0.6 is 24.0 Å². The van der Waals surface area contributed by atoms with Gasteiger partial charge in [0.15, 0.2) is 15.8 Å². The molecule has 0 amide bonds. The van der Waals surface area contributed by atoms with E-state index >= 15 is 0 Å². The van der Waals surface area contributed by atoms with Gasteiger partial charge in [-0.2, -0.15) is 0 Å². The smallest absolute Gasteiger partial charge is 0.191 e. The number of guanidine groups is 1. The molecule has 0 unspecified atom stereocenters. The van der Waals surface area contributed by atoms with Crippen molar-refractivity contribution in [3.63, 3.8) is 0 Å². The van der Waals surface area contributed by atoms with Crippen molar-refractivity contribution in [3.05, 3.63) is 59.9 Å². The van der Waals surface area contributed by atoms with Gasteiger partial charge in [-0.3, -0.25) is 9.98 Å². The quantitative estimate of drug-likeness (QED) is 0.380. The largest absolute Gasteiger partial charge is 0.356 e. The molecule has 0 aliphatic rings. The van der Waals surface area contributed by atoms with Gasteiger partial charge in [-0.05, 0) is 29.8 Å². The van der Waals surface area contributed by atoms with E-state index < -0.39 is 9.84 Å². The number of nitrogens with one attached hydrogen (secondary N) is 2. The molecule has 25 heavy (non-hydrogen) atoms. The highest BCUT2D eigenvalue weighted by molar-refractivity contribution is 14.0. The van der Waals surface area contributed by atoms with Crippen molar-refractivity contribution in [1.82, 2.24) is 15.6 Å². The van der Waals surface area contributed by atoms with Crippen LogP contribution in [0, 0.1) is 0 Å². The van der Waals surface area contributed by atoms with Crippen LogP contribution in [0.4, 0.5) is 0 Å². The highest BCUT2D eigenvalue weighted by atomic mass is 127. The van der Waals surface area contributed by atoms with Gasteiger partial charge in [0.05, 0.1) is 4.90 Å². The van der Waals surface area contributed by atoms with E-state index in [1.807, 2.05) is 18.2 Å². The van der Waals surface area contributed by atoms with Crippen molar-refractivity contribution in [1.29, 1.82) is 0 Å². The minimum absolute atomic E-state index is 0. The van der Waals surface area contributed by atoms with Crippen molar-refractivity contribution in [2.75, 3.05) is 19.8 Å². The Morgan fingerprint density at radius 2 is 1.84 bits per heavy atom. The topological polar surface area (TPSA) is 83.4 Å². The van der Waals surface area contributed by atoms with Gasteiger partial charge in [0, 0.05) is 44.7 Å². The Morgan fingerprint density at radius 3 is 2.40 bits per heavy atom. The molecular weight excluding hydrogens is 451 g/mol. The van der Waals surface area contributed by atoms with Crippen LogP contribution in [0.25, 0.3) is 0 Å². The van der Waals surface area contributed by atoms with Crippen LogP contribution in [0.3, 0.4) is 0 Å². The van der Waals surface area contributed by atoms with E-state index in [1.165, 1.54) is 6.26 Å². The Labute approximate surface area is 166 Å². The van der Waals surface area contributed by atoms with Gasteiger partial charge in [0.1, 0.15) is 0 Å². The number of sulfone groups is 1. The molecule has 0 aliphatic heterocycles. The van der Waals surface area contributed by atoms with E-state index in [2.05, 4.69) is 20.6 Å². The second-order valence-corrected chi connectivity index (χ2v) is 7.36. The fourth-order valence-electron chi connectivity index (χ4n) is 2.12.